The standard InChI is InChI=1S/C14H22N2S/c1-4-11(3)13(15)9-16-14(17)12-7-5-10(2)6-8-12/h5-8,11,13H,4,9,15H2,1-3H3,(H,16,17). The molecule has 94 valence electrons. The fourth-order valence-corrected chi connectivity index (χ4v) is 1.74. The van der Waals surface area contributed by atoms with Gasteiger partial charge in [-0.25, -0.2) is 0 Å². The Morgan fingerprint density at radius 2 is 1.94 bits per heavy atom. The summed E-state index contributed by atoms with van der Waals surface area (Å²) in [5.41, 5.74) is 8.36. The van der Waals surface area contributed by atoms with Crippen LogP contribution in [0.15, 0.2) is 24.3 Å². The number of hydrogen-bond acceptors (Lipinski definition) is 2. The van der Waals surface area contributed by atoms with E-state index < -0.39 is 0 Å². The molecule has 2 unspecified atom stereocenters. The van der Waals surface area contributed by atoms with Gasteiger partial charge in [0.15, 0.2) is 0 Å². The summed E-state index contributed by atoms with van der Waals surface area (Å²) in [6.45, 7) is 7.13. The van der Waals surface area contributed by atoms with Crippen molar-refractivity contribution in [2.75, 3.05) is 6.54 Å². The minimum Gasteiger partial charge on any atom is -0.374 e. The van der Waals surface area contributed by atoms with E-state index in [0.717, 1.165) is 23.5 Å². The van der Waals surface area contributed by atoms with Crippen LogP contribution < -0.4 is 11.1 Å². The summed E-state index contributed by atoms with van der Waals surface area (Å²) >= 11 is 5.34. The van der Waals surface area contributed by atoms with Gasteiger partial charge in [-0.2, -0.15) is 0 Å². The molecule has 0 bridgehead atoms. The average Bonchev–Trinajstić information content (AvgIpc) is 2.35. The van der Waals surface area contributed by atoms with Crippen molar-refractivity contribution < 1.29 is 0 Å². The zero-order chi connectivity index (χ0) is 12.8. The van der Waals surface area contributed by atoms with E-state index in [2.05, 4.69) is 38.2 Å². The summed E-state index contributed by atoms with van der Waals surface area (Å²) in [7, 11) is 0. The van der Waals surface area contributed by atoms with E-state index in [1.807, 2.05) is 12.1 Å². The molecule has 0 aromatic heterocycles. The lowest BCUT2D eigenvalue weighted by Gasteiger charge is -2.19. The van der Waals surface area contributed by atoms with Gasteiger partial charge in [0.05, 0.1) is 0 Å². The number of hydrogen-bond donors (Lipinski definition) is 2. The Kier molecular flexibility index (Phi) is 5.59. The van der Waals surface area contributed by atoms with E-state index in [9.17, 15) is 0 Å². The molecule has 0 saturated carbocycles. The summed E-state index contributed by atoms with van der Waals surface area (Å²) in [5.74, 6) is 0.517. The molecule has 0 spiro atoms. The molecule has 0 aliphatic carbocycles. The number of nitrogens with one attached hydrogen (secondary N) is 1. The van der Waals surface area contributed by atoms with E-state index in [4.69, 9.17) is 18.0 Å². The number of nitrogens with two attached hydrogens (primary N) is 1. The Hall–Kier alpha value is -0.930. The molecule has 0 aliphatic rings. The molecule has 3 heteroatoms. The third kappa shape index (κ3) is 4.44. The molecule has 2 nitrogen and oxygen atoms in total. The molecule has 0 amide bonds. The Labute approximate surface area is 110 Å². The van der Waals surface area contributed by atoms with Crippen LogP contribution in [0.3, 0.4) is 0 Å². The van der Waals surface area contributed by atoms with Crippen LogP contribution in [0.2, 0.25) is 0 Å². The van der Waals surface area contributed by atoms with Crippen LogP contribution in [0, 0.1) is 12.8 Å². The molecule has 3 N–H and O–H groups in total. The minimum absolute atomic E-state index is 0.156. The molecule has 1 aromatic rings. The van der Waals surface area contributed by atoms with Gasteiger partial charge in [0.25, 0.3) is 0 Å². The van der Waals surface area contributed by atoms with E-state index in [1.54, 1.807) is 0 Å². The van der Waals surface area contributed by atoms with Gasteiger partial charge in [-0.05, 0) is 12.8 Å². The fraction of sp³-hybridized carbons (Fsp3) is 0.500. The first-order valence-electron chi connectivity index (χ1n) is 6.15. The van der Waals surface area contributed by atoms with Crippen molar-refractivity contribution in [1.82, 2.24) is 5.32 Å². The quantitative estimate of drug-likeness (QED) is 0.789. The lowest BCUT2D eigenvalue weighted by Crippen LogP contribution is -2.40. The van der Waals surface area contributed by atoms with Crippen LogP contribution in [0.4, 0.5) is 0 Å². The van der Waals surface area contributed by atoms with E-state index in [0.29, 0.717) is 5.92 Å². The van der Waals surface area contributed by atoms with Gasteiger partial charge in [-0.15, -0.1) is 0 Å². The molecular formula is C14H22N2S. The predicted molar refractivity (Wildman–Crippen MR) is 78.3 cm³/mol. The largest absolute Gasteiger partial charge is 0.374 e. The van der Waals surface area contributed by atoms with Gasteiger partial charge < -0.3 is 11.1 Å². The second-order valence-corrected chi connectivity index (χ2v) is 5.03. The number of rotatable bonds is 5. The zero-order valence-electron chi connectivity index (χ0n) is 10.9. The molecular weight excluding hydrogens is 228 g/mol. The summed E-state index contributed by atoms with van der Waals surface area (Å²) in [4.78, 5) is 0.781. The predicted octanol–water partition coefficient (Wildman–Crippen LogP) is 2.63. The molecule has 1 aromatic carbocycles. The second kappa shape index (κ2) is 6.72. The van der Waals surface area contributed by atoms with Crippen molar-refractivity contribution in [3.8, 4) is 0 Å². The highest BCUT2D eigenvalue weighted by Crippen LogP contribution is 2.06. The SMILES string of the molecule is CCC(C)C(N)CNC(=S)c1ccc(C)cc1. The van der Waals surface area contributed by atoms with Crippen molar-refractivity contribution >= 4 is 17.2 Å². The Morgan fingerprint density at radius 3 is 2.47 bits per heavy atom. The summed E-state index contributed by atoms with van der Waals surface area (Å²) in [5, 5.41) is 3.24. The molecule has 0 saturated heterocycles. The molecule has 1 rings (SSSR count). The van der Waals surface area contributed by atoms with E-state index >= 15 is 0 Å². The number of benzene rings is 1. The van der Waals surface area contributed by atoms with Crippen LogP contribution in [0.25, 0.3) is 0 Å². The Balaban J connectivity index is 2.47. The topological polar surface area (TPSA) is 38.0 Å². The second-order valence-electron chi connectivity index (χ2n) is 4.63. The first-order chi connectivity index (χ1) is 8.04. The molecule has 0 heterocycles. The van der Waals surface area contributed by atoms with Crippen LogP contribution in [-0.2, 0) is 0 Å². The van der Waals surface area contributed by atoms with Crippen molar-refractivity contribution in [2.45, 2.75) is 33.2 Å². The van der Waals surface area contributed by atoms with Gasteiger partial charge in [0.2, 0.25) is 0 Å². The third-order valence-electron chi connectivity index (χ3n) is 3.19. The first kappa shape index (κ1) is 14.1. The molecule has 17 heavy (non-hydrogen) atoms. The molecule has 0 radical (unpaired) electrons. The monoisotopic (exact) mass is 250 g/mol. The van der Waals surface area contributed by atoms with Gasteiger partial charge in [-0.1, -0.05) is 62.3 Å². The van der Waals surface area contributed by atoms with Crippen LogP contribution in [-0.4, -0.2) is 17.6 Å². The average molecular weight is 250 g/mol. The number of thiocarbonyl (C=S) groups is 1. The van der Waals surface area contributed by atoms with Gasteiger partial charge in [0, 0.05) is 18.2 Å². The highest BCUT2D eigenvalue weighted by molar-refractivity contribution is 7.80. The fourth-order valence-electron chi connectivity index (χ4n) is 1.52. The van der Waals surface area contributed by atoms with Crippen molar-refractivity contribution in [3.05, 3.63) is 35.4 Å². The number of aryl methyl sites for hydroxylation is 1. The highest BCUT2D eigenvalue weighted by atomic mass is 32.1. The molecule has 0 aliphatic heterocycles. The highest BCUT2D eigenvalue weighted by Gasteiger charge is 2.11. The van der Waals surface area contributed by atoms with Gasteiger partial charge in [0.1, 0.15) is 4.99 Å². The Morgan fingerprint density at radius 1 is 1.35 bits per heavy atom. The third-order valence-corrected chi connectivity index (χ3v) is 3.57. The van der Waals surface area contributed by atoms with Gasteiger partial charge in [-0.3, -0.25) is 0 Å². The summed E-state index contributed by atoms with van der Waals surface area (Å²) < 4.78 is 0. The maximum atomic E-state index is 6.06. The van der Waals surface area contributed by atoms with Crippen LogP contribution in [0.5, 0.6) is 0 Å². The summed E-state index contributed by atoms with van der Waals surface area (Å²) in [6.07, 6.45) is 1.10. The van der Waals surface area contributed by atoms with E-state index in [-0.39, 0.29) is 6.04 Å². The zero-order valence-corrected chi connectivity index (χ0v) is 11.7. The maximum Gasteiger partial charge on any atom is 0.106 e. The summed E-state index contributed by atoms with van der Waals surface area (Å²) in [6, 6.07) is 8.37. The maximum absolute atomic E-state index is 6.06. The molecule has 2 atom stereocenters. The van der Waals surface area contributed by atoms with Crippen molar-refractivity contribution in [3.63, 3.8) is 0 Å². The normalized spacial score (nSPS) is 14.1. The lowest BCUT2D eigenvalue weighted by atomic mass is 10.00. The van der Waals surface area contributed by atoms with E-state index in [1.165, 1.54) is 5.56 Å². The first-order valence-corrected chi connectivity index (χ1v) is 6.55. The van der Waals surface area contributed by atoms with Crippen LogP contribution >= 0.6 is 12.2 Å². The van der Waals surface area contributed by atoms with Crippen LogP contribution in [0.1, 0.15) is 31.4 Å². The van der Waals surface area contributed by atoms with Gasteiger partial charge >= 0.3 is 0 Å². The molecule has 0 fully saturated rings. The Bertz CT molecular complexity index is 359. The lowest BCUT2D eigenvalue weighted by molar-refractivity contribution is 0.439. The minimum atomic E-state index is 0.156. The van der Waals surface area contributed by atoms with Crippen molar-refractivity contribution in [1.29, 1.82) is 0 Å². The van der Waals surface area contributed by atoms with Crippen molar-refractivity contribution in [2.24, 2.45) is 11.7 Å². The smallest absolute Gasteiger partial charge is 0.106 e.